The van der Waals surface area contributed by atoms with Crippen LogP contribution in [0, 0.1) is 24.0 Å². The van der Waals surface area contributed by atoms with Gasteiger partial charge in [0.05, 0.1) is 16.6 Å². The van der Waals surface area contributed by atoms with Crippen LogP contribution in [0.15, 0.2) is 36.4 Å². The Balaban J connectivity index is 1.60. The van der Waals surface area contributed by atoms with Gasteiger partial charge in [0.25, 0.3) is 11.6 Å². The van der Waals surface area contributed by atoms with Gasteiger partial charge >= 0.3 is 5.97 Å². The summed E-state index contributed by atoms with van der Waals surface area (Å²) in [6.07, 6.45) is 2.24. The van der Waals surface area contributed by atoms with E-state index in [1.54, 1.807) is 6.07 Å². The summed E-state index contributed by atoms with van der Waals surface area (Å²) in [6.45, 7) is 3.28. The first kappa shape index (κ1) is 19.9. The number of aryl methyl sites for hydroxylation is 2. The van der Waals surface area contributed by atoms with Crippen molar-refractivity contribution in [2.75, 3.05) is 18.7 Å². The van der Waals surface area contributed by atoms with Gasteiger partial charge in [0, 0.05) is 11.8 Å². The summed E-state index contributed by atoms with van der Waals surface area (Å²) < 4.78 is 15.2. The number of nitro groups is 1. The molecule has 0 fully saturated rings. The van der Waals surface area contributed by atoms with E-state index in [1.165, 1.54) is 18.2 Å². The van der Waals surface area contributed by atoms with E-state index >= 15 is 0 Å². The molecule has 0 radical (unpaired) electrons. The molecule has 1 aliphatic rings. The molecule has 0 saturated carbocycles. The zero-order chi connectivity index (χ0) is 21.0. The third kappa shape index (κ3) is 4.89. The number of anilines is 1. The highest BCUT2D eigenvalue weighted by Crippen LogP contribution is 2.38. The summed E-state index contributed by atoms with van der Waals surface area (Å²) in [7, 11) is 0. The summed E-state index contributed by atoms with van der Waals surface area (Å²) in [6, 6.07) is 8.17. The molecule has 0 saturated heterocycles. The maximum absolute atomic E-state index is 12.0. The van der Waals surface area contributed by atoms with E-state index < -0.39 is 23.4 Å². The summed E-state index contributed by atoms with van der Waals surface area (Å²) in [5.74, 6) is -0.698. The molecule has 0 aromatic heterocycles. The topological polar surface area (TPSA) is 117 Å². The predicted molar refractivity (Wildman–Crippen MR) is 104 cm³/mol. The lowest BCUT2D eigenvalue weighted by Crippen LogP contribution is -2.20. The lowest BCUT2D eigenvalue weighted by Gasteiger charge is -2.09. The number of amides is 1. The number of hydrogen-bond acceptors (Lipinski definition) is 7. The van der Waals surface area contributed by atoms with E-state index in [0.717, 1.165) is 17.2 Å². The Bertz CT molecular complexity index is 1010. The van der Waals surface area contributed by atoms with Crippen LogP contribution < -0.4 is 14.8 Å². The van der Waals surface area contributed by atoms with Gasteiger partial charge in [-0.15, -0.1) is 0 Å². The molecule has 1 amide bonds. The number of benzene rings is 2. The largest absolute Gasteiger partial charge is 0.454 e. The van der Waals surface area contributed by atoms with E-state index in [-0.39, 0.29) is 23.8 Å². The molecule has 1 N–H and O–H groups in total. The number of ether oxygens (including phenoxy) is 3. The lowest BCUT2D eigenvalue weighted by atomic mass is 10.1. The molecule has 2 aromatic carbocycles. The molecule has 29 heavy (non-hydrogen) atoms. The van der Waals surface area contributed by atoms with E-state index in [4.69, 9.17) is 14.2 Å². The second kappa shape index (κ2) is 8.42. The molecule has 0 aliphatic carbocycles. The molecule has 0 bridgehead atoms. The van der Waals surface area contributed by atoms with Gasteiger partial charge in [0.1, 0.15) is 0 Å². The van der Waals surface area contributed by atoms with Crippen molar-refractivity contribution in [3.8, 4) is 11.5 Å². The van der Waals surface area contributed by atoms with Crippen LogP contribution in [0.2, 0.25) is 0 Å². The van der Waals surface area contributed by atoms with Crippen molar-refractivity contribution >= 4 is 29.3 Å². The fourth-order valence-corrected chi connectivity index (χ4v) is 2.72. The molecule has 9 heteroatoms. The average Bonchev–Trinajstić information content (AvgIpc) is 3.13. The van der Waals surface area contributed by atoms with E-state index in [9.17, 15) is 19.7 Å². The zero-order valence-corrected chi connectivity index (χ0v) is 15.8. The highest BCUT2D eigenvalue weighted by Gasteiger charge is 2.22. The van der Waals surface area contributed by atoms with Crippen LogP contribution in [-0.2, 0) is 14.3 Å². The van der Waals surface area contributed by atoms with Crippen LogP contribution in [0.5, 0.6) is 11.5 Å². The van der Waals surface area contributed by atoms with Gasteiger partial charge in [-0.05, 0) is 37.6 Å². The van der Waals surface area contributed by atoms with Crippen molar-refractivity contribution in [1.82, 2.24) is 0 Å². The van der Waals surface area contributed by atoms with Gasteiger partial charge in [-0.2, -0.15) is 0 Å². The molecule has 1 heterocycles. The molecular weight excluding hydrogens is 380 g/mol. The molecule has 0 atom stereocenters. The number of nitro benzene ring substituents is 1. The van der Waals surface area contributed by atoms with Gasteiger partial charge in [-0.25, -0.2) is 4.79 Å². The highest BCUT2D eigenvalue weighted by molar-refractivity contribution is 5.95. The molecule has 0 unspecified atom stereocenters. The Labute approximate surface area is 166 Å². The van der Waals surface area contributed by atoms with Crippen LogP contribution in [0.1, 0.15) is 16.7 Å². The number of fused-ring (bicyclic) bond motifs is 1. The minimum absolute atomic E-state index is 0.0305. The van der Waals surface area contributed by atoms with Crippen LogP contribution >= 0.6 is 0 Å². The average molecular weight is 398 g/mol. The first-order chi connectivity index (χ1) is 13.8. The fourth-order valence-electron chi connectivity index (χ4n) is 2.72. The molecule has 2 aromatic rings. The number of hydrogen-bond donors (Lipinski definition) is 1. The highest BCUT2D eigenvalue weighted by atomic mass is 16.7. The first-order valence-corrected chi connectivity index (χ1v) is 8.63. The molecule has 1 aliphatic heterocycles. The summed E-state index contributed by atoms with van der Waals surface area (Å²) in [5, 5.41) is 13.9. The van der Waals surface area contributed by atoms with E-state index in [2.05, 4.69) is 5.32 Å². The summed E-state index contributed by atoms with van der Waals surface area (Å²) >= 11 is 0. The van der Waals surface area contributed by atoms with Crippen LogP contribution in [0.4, 0.5) is 11.4 Å². The zero-order valence-electron chi connectivity index (χ0n) is 15.8. The van der Waals surface area contributed by atoms with Gasteiger partial charge in [-0.3, -0.25) is 14.9 Å². The number of carbonyl (C=O) groups is 2. The Kier molecular flexibility index (Phi) is 5.77. The normalized spacial score (nSPS) is 12.1. The fraction of sp³-hybridized carbons (Fsp3) is 0.200. The third-order valence-corrected chi connectivity index (χ3v) is 4.12. The molecule has 0 spiro atoms. The van der Waals surface area contributed by atoms with Gasteiger partial charge < -0.3 is 19.5 Å². The molecule has 150 valence electrons. The van der Waals surface area contributed by atoms with Crippen molar-refractivity contribution in [1.29, 1.82) is 0 Å². The number of carbonyl (C=O) groups excluding carboxylic acids is 2. The predicted octanol–water partition coefficient (Wildman–Crippen LogP) is 3.14. The Morgan fingerprint density at radius 1 is 1.21 bits per heavy atom. The minimum Gasteiger partial charge on any atom is -0.454 e. The van der Waals surface area contributed by atoms with Crippen molar-refractivity contribution in [3.05, 3.63) is 63.2 Å². The SMILES string of the molecule is Cc1ccc(NC(=O)COC(=O)/C=C/c2cc3c(cc2[N+](=O)[O-])OCO3)c(C)c1. The molecular formula is C20H18N2O7. The maximum Gasteiger partial charge on any atom is 0.331 e. The number of nitrogens with zero attached hydrogens (tertiary/aromatic N) is 1. The van der Waals surface area contributed by atoms with Gasteiger partial charge in [-0.1, -0.05) is 17.7 Å². The van der Waals surface area contributed by atoms with Crippen molar-refractivity contribution in [2.45, 2.75) is 13.8 Å². The number of esters is 1. The molecule has 3 rings (SSSR count). The molecule has 9 nitrogen and oxygen atoms in total. The van der Waals surface area contributed by atoms with E-state index in [0.29, 0.717) is 11.4 Å². The lowest BCUT2D eigenvalue weighted by molar-refractivity contribution is -0.385. The Morgan fingerprint density at radius 3 is 2.62 bits per heavy atom. The Hall–Kier alpha value is -3.88. The minimum atomic E-state index is -0.812. The van der Waals surface area contributed by atoms with Crippen LogP contribution in [-0.4, -0.2) is 30.2 Å². The maximum atomic E-state index is 12.0. The second-order valence-electron chi connectivity index (χ2n) is 6.33. The first-order valence-electron chi connectivity index (χ1n) is 8.63. The number of nitrogens with one attached hydrogen (secondary N) is 1. The third-order valence-electron chi connectivity index (χ3n) is 4.12. The van der Waals surface area contributed by atoms with Crippen LogP contribution in [0.3, 0.4) is 0 Å². The van der Waals surface area contributed by atoms with Crippen molar-refractivity contribution in [3.63, 3.8) is 0 Å². The standard InChI is InChI=1S/C20H18N2O7/c1-12-3-5-15(13(2)7-12)21-19(23)10-27-20(24)6-4-14-8-17-18(29-11-28-17)9-16(14)22(25)26/h3-9H,10-11H2,1-2H3,(H,21,23)/b6-4+. The monoisotopic (exact) mass is 398 g/mol. The van der Waals surface area contributed by atoms with Crippen LogP contribution in [0.25, 0.3) is 6.08 Å². The summed E-state index contributed by atoms with van der Waals surface area (Å²) in [4.78, 5) is 34.5. The quantitative estimate of drug-likeness (QED) is 0.344. The van der Waals surface area contributed by atoms with Crippen molar-refractivity contribution in [2.24, 2.45) is 0 Å². The van der Waals surface area contributed by atoms with E-state index in [1.807, 2.05) is 26.0 Å². The Morgan fingerprint density at radius 2 is 1.93 bits per heavy atom. The van der Waals surface area contributed by atoms with Crippen molar-refractivity contribution < 1.29 is 28.7 Å². The summed E-state index contributed by atoms with van der Waals surface area (Å²) in [5.41, 5.74) is 2.49. The van der Waals surface area contributed by atoms with Gasteiger partial charge in [0.2, 0.25) is 6.79 Å². The second-order valence-corrected chi connectivity index (χ2v) is 6.33. The number of rotatable bonds is 6. The van der Waals surface area contributed by atoms with Gasteiger partial charge in [0.15, 0.2) is 18.1 Å². The smallest absolute Gasteiger partial charge is 0.331 e.